The highest BCUT2D eigenvalue weighted by molar-refractivity contribution is 6.04. The first kappa shape index (κ1) is 19.7. The van der Waals surface area contributed by atoms with Crippen LogP contribution in [0.4, 0.5) is 0 Å². The molecule has 3 rings (SSSR count). The molecule has 2 N–H and O–H groups in total. The van der Waals surface area contributed by atoms with Gasteiger partial charge in [0.2, 0.25) is 0 Å². The van der Waals surface area contributed by atoms with Crippen LogP contribution in [0.2, 0.25) is 0 Å². The smallest absolute Gasteiger partial charge is 0.325 e. The number of carbonyl (C=O) groups excluding carboxylic acids is 1. The molecule has 0 aromatic heterocycles. The standard InChI is InChI=1S/C22H17NO3.CH4/c1-15(22(25)26)23-21(24)20-14-12-17-9-5-6-10-18(17)19(20)13-11-16-7-3-2-4-8-16;/h2-10,12,14-15H,1H3,(H,23,24)(H,25,26);1H4/t15-;/m0./s1. The lowest BCUT2D eigenvalue weighted by molar-refractivity contribution is -0.138. The van der Waals surface area contributed by atoms with E-state index in [1.165, 1.54) is 6.92 Å². The van der Waals surface area contributed by atoms with Crippen molar-refractivity contribution in [3.63, 3.8) is 0 Å². The molecule has 0 radical (unpaired) electrons. The Morgan fingerprint density at radius 1 is 0.926 bits per heavy atom. The fourth-order valence-electron chi connectivity index (χ4n) is 2.59. The van der Waals surface area contributed by atoms with Crippen LogP contribution in [0.3, 0.4) is 0 Å². The average Bonchev–Trinajstić information content (AvgIpc) is 2.66. The third kappa shape index (κ3) is 4.53. The maximum atomic E-state index is 12.6. The van der Waals surface area contributed by atoms with E-state index in [1.807, 2.05) is 60.7 Å². The molecule has 1 amide bonds. The molecule has 0 aliphatic heterocycles. The van der Waals surface area contributed by atoms with E-state index in [1.54, 1.807) is 6.07 Å². The van der Waals surface area contributed by atoms with Gasteiger partial charge < -0.3 is 10.4 Å². The van der Waals surface area contributed by atoms with Gasteiger partial charge in [0.05, 0.1) is 5.56 Å². The SMILES string of the molecule is C.C[C@H](NC(=O)c1ccc2ccccc2c1C#Cc1ccccc1)C(=O)O. The van der Waals surface area contributed by atoms with Crippen LogP contribution < -0.4 is 5.32 Å². The first-order valence-corrected chi connectivity index (χ1v) is 8.19. The summed E-state index contributed by atoms with van der Waals surface area (Å²) in [5.74, 6) is 4.63. The zero-order valence-corrected chi connectivity index (χ0v) is 14.2. The third-order valence-corrected chi connectivity index (χ3v) is 4.00. The van der Waals surface area contributed by atoms with Crippen LogP contribution in [-0.4, -0.2) is 23.0 Å². The Balaban J connectivity index is 0.00000261. The Hall–Kier alpha value is -3.58. The summed E-state index contributed by atoms with van der Waals surface area (Å²) in [6.07, 6.45) is 0. The van der Waals surface area contributed by atoms with Crippen molar-refractivity contribution >= 4 is 22.6 Å². The minimum atomic E-state index is -1.09. The molecule has 1 atom stereocenters. The first-order chi connectivity index (χ1) is 12.6. The number of rotatable bonds is 3. The predicted molar refractivity (Wildman–Crippen MR) is 108 cm³/mol. The molecule has 4 heteroatoms. The van der Waals surface area contributed by atoms with Crippen LogP contribution in [0.1, 0.15) is 35.8 Å². The van der Waals surface area contributed by atoms with Crippen molar-refractivity contribution in [1.29, 1.82) is 0 Å². The molecule has 27 heavy (non-hydrogen) atoms. The molecule has 0 heterocycles. The molecule has 3 aromatic carbocycles. The van der Waals surface area contributed by atoms with Crippen molar-refractivity contribution < 1.29 is 14.7 Å². The largest absolute Gasteiger partial charge is 0.480 e. The summed E-state index contributed by atoms with van der Waals surface area (Å²) in [5, 5.41) is 13.3. The molecular weight excluding hydrogens is 338 g/mol. The fourth-order valence-corrected chi connectivity index (χ4v) is 2.59. The second kappa shape index (κ2) is 8.68. The van der Waals surface area contributed by atoms with Crippen molar-refractivity contribution in [3.05, 3.63) is 83.4 Å². The summed E-state index contributed by atoms with van der Waals surface area (Å²) < 4.78 is 0. The molecule has 0 bridgehead atoms. The van der Waals surface area contributed by atoms with Gasteiger partial charge in [-0.15, -0.1) is 0 Å². The van der Waals surface area contributed by atoms with Crippen LogP contribution in [0.25, 0.3) is 10.8 Å². The van der Waals surface area contributed by atoms with Gasteiger partial charge in [-0.1, -0.05) is 67.8 Å². The van der Waals surface area contributed by atoms with E-state index < -0.39 is 17.9 Å². The number of carboxylic acids is 1. The summed E-state index contributed by atoms with van der Waals surface area (Å²) in [5.41, 5.74) is 1.79. The normalized spacial score (nSPS) is 10.9. The van der Waals surface area contributed by atoms with Gasteiger partial charge >= 0.3 is 5.97 Å². The van der Waals surface area contributed by atoms with Crippen molar-refractivity contribution in [1.82, 2.24) is 5.32 Å². The highest BCUT2D eigenvalue weighted by Gasteiger charge is 2.18. The minimum absolute atomic E-state index is 0. The summed E-state index contributed by atoms with van der Waals surface area (Å²) in [7, 11) is 0. The van der Waals surface area contributed by atoms with Gasteiger partial charge in [0, 0.05) is 11.1 Å². The monoisotopic (exact) mass is 359 g/mol. The molecule has 0 aliphatic carbocycles. The summed E-state index contributed by atoms with van der Waals surface area (Å²) in [6.45, 7) is 1.43. The van der Waals surface area contributed by atoms with Gasteiger partial charge in [-0.05, 0) is 35.9 Å². The second-order valence-corrected chi connectivity index (χ2v) is 5.86. The number of aliphatic carboxylic acids is 1. The number of carbonyl (C=O) groups is 2. The van der Waals surface area contributed by atoms with Crippen LogP contribution >= 0.6 is 0 Å². The fraction of sp³-hybridized carbons (Fsp3) is 0.130. The minimum Gasteiger partial charge on any atom is -0.480 e. The van der Waals surface area contributed by atoms with E-state index in [4.69, 9.17) is 5.11 Å². The number of carboxylic acid groups (broad SMARTS) is 1. The summed E-state index contributed by atoms with van der Waals surface area (Å²) in [6, 6.07) is 19.7. The summed E-state index contributed by atoms with van der Waals surface area (Å²) >= 11 is 0. The third-order valence-electron chi connectivity index (χ3n) is 4.00. The quantitative estimate of drug-likeness (QED) is 0.693. The number of fused-ring (bicyclic) bond motifs is 1. The molecule has 4 nitrogen and oxygen atoms in total. The lowest BCUT2D eigenvalue weighted by Gasteiger charge is -2.12. The van der Waals surface area contributed by atoms with E-state index >= 15 is 0 Å². The van der Waals surface area contributed by atoms with Crippen LogP contribution in [0.15, 0.2) is 66.7 Å². The number of nitrogens with one attached hydrogen (secondary N) is 1. The van der Waals surface area contributed by atoms with Gasteiger partial charge in [0.1, 0.15) is 6.04 Å². The molecule has 0 saturated carbocycles. The topological polar surface area (TPSA) is 66.4 Å². The predicted octanol–water partition coefficient (Wildman–Crippen LogP) is 4.08. The first-order valence-electron chi connectivity index (χ1n) is 8.19. The highest BCUT2D eigenvalue weighted by Crippen LogP contribution is 2.22. The molecule has 0 saturated heterocycles. The zero-order chi connectivity index (χ0) is 18.5. The van der Waals surface area contributed by atoms with Crippen LogP contribution in [0, 0.1) is 11.8 Å². The zero-order valence-electron chi connectivity index (χ0n) is 14.2. The Morgan fingerprint density at radius 2 is 1.59 bits per heavy atom. The number of amides is 1. The maximum absolute atomic E-state index is 12.6. The molecule has 136 valence electrons. The average molecular weight is 359 g/mol. The maximum Gasteiger partial charge on any atom is 0.325 e. The van der Waals surface area contributed by atoms with Crippen molar-refractivity contribution in [2.75, 3.05) is 0 Å². The van der Waals surface area contributed by atoms with Gasteiger partial charge in [0.15, 0.2) is 0 Å². The second-order valence-electron chi connectivity index (χ2n) is 5.86. The lowest BCUT2D eigenvalue weighted by atomic mass is 9.98. The molecular formula is C23H21NO3. The van der Waals surface area contributed by atoms with Gasteiger partial charge in [-0.25, -0.2) is 0 Å². The van der Waals surface area contributed by atoms with E-state index in [-0.39, 0.29) is 7.43 Å². The summed E-state index contributed by atoms with van der Waals surface area (Å²) in [4.78, 5) is 23.6. The Bertz CT molecular complexity index is 1030. The molecule has 0 fully saturated rings. The lowest BCUT2D eigenvalue weighted by Crippen LogP contribution is -2.38. The Labute approximate surface area is 158 Å². The van der Waals surface area contributed by atoms with E-state index in [9.17, 15) is 9.59 Å². The Morgan fingerprint density at radius 3 is 2.30 bits per heavy atom. The molecule has 3 aromatic rings. The van der Waals surface area contributed by atoms with Crippen molar-refractivity contribution in [3.8, 4) is 11.8 Å². The van der Waals surface area contributed by atoms with E-state index in [0.29, 0.717) is 11.1 Å². The van der Waals surface area contributed by atoms with Gasteiger partial charge in [-0.3, -0.25) is 9.59 Å². The number of hydrogen-bond acceptors (Lipinski definition) is 2. The Kier molecular flexibility index (Phi) is 6.35. The molecule has 0 unspecified atom stereocenters. The van der Waals surface area contributed by atoms with Crippen LogP contribution in [-0.2, 0) is 4.79 Å². The van der Waals surface area contributed by atoms with Crippen molar-refractivity contribution in [2.24, 2.45) is 0 Å². The molecule has 0 spiro atoms. The van der Waals surface area contributed by atoms with Gasteiger partial charge in [-0.2, -0.15) is 0 Å². The van der Waals surface area contributed by atoms with Gasteiger partial charge in [0.25, 0.3) is 5.91 Å². The van der Waals surface area contributed by atoms with E-state index in [2.05, 4.69) is 17.2 Å². The van der Waals surface area contributed by atoms with Crippen molar-refractivity contribution in [2.45, 2.75) is 20.4 Å². The number of hydrogen-bond donors (Lipinski definition) is 2. The highest BCUT2D eigenvalue weighted by atomic mass is 16.4. The van der Waals surface area contributed by atoms with Crippen LogP contribution in [0.5, 0.6) is 0 Å². The molecule has 0 aliphatic rings. The van der Waals surface area contributed by atoms with E-state index in [0.717, 1.165) is 16.3 Å². The number of benzene rings is 3.